The number of halogens is 1. The van der Waals surface area contributed by atoms with E-state index in [9.17, 15) is 4.79 Å². The van der Waals surface area contributed by atoms with Crippen molar-refractivity contribution in [2.75, 3.05) is 7.11 Å². The van der Waals surface area contributed by atoms with Crippen molar-refractivity contribution in [3.05, 3.63) is 54.1 Å². The minimum absolute atomic E-state index is 0.0803. The average Bonchev–Trinajstić information content (AvgIpc) is 3.00. The molecule has 0 spiro atoms. The topological polar surface area (TPSA) is 44.1 Å². The van der Waals surface area contributed by atoms with Gasteiger partial charge in [0.1, 0.15) is 0 Å². The van der Waals surface area contributed by atoms with E-state index in [0.29, 0.717) is 13.0 Å². The molecule has 1 atom stereocenters. The Balaban J connectivity index is 1.85. The summed E-state index contributed by atoms with van der Waals surface area (Å²) >= 11 is 6.40. The van der Waals surface area contributed by atoms with Crippen LogP contribution in [0.1, 0.15) is 29.3 Å². The second-order valence-corrected chi connectivity index (χ2v) is 5.43. The predicted octanol–water partition coefficient (Wildman–Crippen LogP) is 3.36. The van der Waals surface area contributed by atoms with Gasteiger partial charge in [0.2, 0.25) is 0 Å². The van der Waals surface area contributed by atoms with Crippen LogP contribution in [0.15, 0.2) is 43.0 Å². The van der Waals surface area contributed by atoms with E-state index >= 15 is 0 Å². The summed E-state index contributed by atoms with van der Waals surface area (Å²) in [6.45, 7) is 0.698. The van der Waals surface area contributed by atoms with Crippen LogP contribution in [0, 0.1) is 0 Å². The summed E-state index contributed by atoms with van der Waals surface area (Å²) in [5, 5.41) is -0.0803. The van der Waals surface area contributed by atoms with Gasteiger partial charge in [-0.25, -0.2) is 4.98 Å². The Morgan fingerprint density at radius 3 is 2.76 bits per heavy atom. The van der Waals surface area contributed by atoms with Gasteiger partial charge < -0.3 is 9.30 Å². The van der Waals surface area contributed by atoms with Crippen LogP contribution < -0.4 is 0 Å². The van der Waals surface area contributed by atoms with Crippen LogP contribution in [0.3, 0.4) is 0 Å². The van der Waals surface area contributed by atoms with E-state index < -0.39 is 0 Å². The second-order valence-electron chi connectivity index (χ2n) is 4.90. The third-order valence-electron chi connectivity index (χ3n) is 3.35. The lowest BCUT2D eigenvalue weighted by molar-refractivity contribution is -0.140. The normalized spacial score (nSPS) is 12.1. The first-order valence-corrected chi connectivity index (χ1v) is 7.38. The molecular weight excluding hydrogens is 288 g/mol. The highest BCUT2D eigenvalue weighted by molar-refractivity contribution is 6.20. The average molecular weight is 307 g/mol. The fourth-order valence-corrected chi connectivity index (χ4v) is 2.42. The van der Waals surface area contributed by atoms with Crippen molar-refractivity contribution < 1.29 is 9.53 Å². The summed E-state index contributed by atoms with van der Waals surface area (Å²) in [6.07, 6.45) is 7.52. The van der Waals surface area contributed by atoms with Gasteiger partial charge in [-0.1, -0.05) is 24.3 Å². The molecule has 0 radical (unpaired) electrons. The standard InChI is InChI=1S/C16H19ClN2O2/c1-21-16(20)4-2-3-13-5-7-14(8-6-13)15(17)11-19-10-9-18-12-19/h5-10,12,15H,2-4,11H2,1H3. The minimum atomic E-state index is -0.159. The van der Waals surface area contributed by atoms with Gasteiger partial charge in [0, 0.05) is 25.4 Å². The molecule has 112 valence electrons. The van der Waals surface area contributed by atoms with Crippen molar-refractivity contribution in [3.63, 3.8) is 0 Å². The quantitative estimate of drug-likeness (QED) is 0.582. The predicted molar refractivity (Wildman–Crippen MR) is 82.2 cm³/mol. The maximum atomic E-state index is 11.0. The van der Waals surface area contributed by atoms with Crippen molar-refractivity contribution in [2.45, 2.75) is 31.2 Å². The van der Waals surface area contributed by atoms with Crippen molar-refractivity contribution >= 4 is 17.6 Å². The number of aryl methyl sites for hydroxylation is 1. The molecule has 1 aromatic heterocycles. The van der Waals surface area contributed by atoms with Crippen LogP contribution in [0.4, 0.5) is 0 Å². The Bertz CT molecular complexity index is 552. The number of ether oxygens (including phenoxy) is 1. The lowest BCUT2D eigenvalue weighted by Crippen LogP contribution is -2.03. The number of hydrogen-bond donors (Lipinski definition) is 0. The Labute approximate surface area is 129 Å². The number of imidazole rings is 1. The second kappa shape index (κ2) is 7.84. The van der Waals surface area contributed by atoms with E-state index in [1.807, 2.05) is 22.9 Å². The molecule has 1 aromatic carbocycles. The summed E-state index contributed by atoms with van der Waals surface area (Å²) in [5.41, 5.74) is 2.29. The Morgan fingerprint density at radius 1 is 1.38 bits per heavy atom. The molecule has 1 unspecified atom stereocenters. The van der Waals surface area contributed by atoms with Gasteiger partial charge in [0.15, 0.2) is 0 Å². The molecule has 4 nitrogen and oxygen atoms in total. The zero-order valence-corrected chi connectivity index (χ0v) is 12.8. The number of alkyl halides is 1. The third kappa shape index (κ3) is 4.90. The summed E-state index contributed by atoms with van der Waals surface area (Å²) < 4.78 is 6.59. The molecule has 0 amide bonds. The molecule has 0 aliphatic rings. The fourth-order valence-electron chi connectivity index (χ4n) is 2.12. The Kier molecular flexibility index (Phi) is 5.81. The van der Waals surface area contributed by atoms with Crippen LogP contribution in [0.2, 0.25) is 0 Å². The molecule has 0 saturated heterocycles. The van der Waals surface area contributed by atoms with Gasteiger partial charge in [0.05, 0.1) is 18.8 Å². The van der Waals surface area contributed by atoms with Gasteiger partial charge in [-0.3, -0.25) is 4.79 Å². The summed E-state index contributed by atoms with van der Waals surface area (Å²) in [6, 6.07) is 8.22. The zero-order chi connectivity index (χ0) is 15.1. The summed E-state index contributed by atoms with van der Waals surface area (Å²) in [7, 11) is 1.41. The maximum Gasteiger partial charge on any atom is 0.305 e. The molecule has 0 aliphatic carbocycles. The molecule has 21 heavy (non-hydrogen) atoms. The number of carbonyl (C=O) groups is 1. The van der Waals surface area contributed by atoms with Crippen LogP contribution in [-0.2, 0) is 22.5 Å². The maximum absolute atomic E-state index is 11.0. The molecule has 0 aliphatic heterocycles. The smallest absolute Gasteiger partial charge is 0.305 e. The van der Waals surface area contributed by atoms with Crippen LogP contribution >= 0.6 is 11.6 Å². The van der Waals surface area contributed by atoms with Crippen molar-refractivity contribution in [2.24, 2.45) is 0 Å². The Hall–Kier alpha value is -1.81. The number of nitrogens with zero attached hydrogens (tertiary/aromatic N) is 2. The number of methoxy groups -OCH3 is 1. The molecule has 2 rings (SSSR count). The summed E-state index contributed by atoms with van der Waals surface area (Å²) in [5.74, 6) is -0.159. The first-order chi connectivity index (χ1) is 10.2. The molecule has 0 bridgehead atoms. The van der Waals surface area contributed by atoms with Gasteiger partial charge in [0.25, 0.3) is 0 Å². The van der Waals surface area contributed by atoms with E-state index in [4.69, 9.17) is 11.6 Å². The van der Waals surface area contributed by atoms with Crippen molar-refractivity contribution in [3.8, 4) is 0 Å². The van der Waals surface area contributed by atoms with Crippen LogP contribution in [0.5, 0.6) is 0 Å². The highest BCUT2D eigenvalue weighted by Gasteiger charge is 2.08. The fraction of sp³-hybridized carbons (Fsp3) is 0.375. The van der Waals surface area contributed by atoms with Gasteiger partial charge in [-0.05, 0) is 24.0 Å². The summed E-state index contributed by atoms with van der Waals surface area (Å²) in [4.78, 5) is 15.1. The first-order valence-electron chi connectivity index (χ1n) is 6.94. The number of aromatic nitrogens is 2. The van der Waals surface area contributed by atoms with Gasteiger partial charge in [-0.2, -0.15) is 0 Å². The van der Waals surface area contributed by atoms with Crippen LogP contribution in [-0.4, -0.2) is 22.6 Å². The zero-order valence-electron chi connectivity index (χ0n) is 12.0. The minimum Gasteiger partial charge on any atom is -0.469 e. The van der Waals surface area contributed by atoms with E-state index in [0.717, 1.165) is 18.4 Å². The van der Waals surface area contributed by atoms with E-state index in [1.165, 1.54) is 12.7 Å². The molecular formula is C16H19ClN2O2. The highest BCUT2D eigenvalue weighted by Crippen LogP contribution is 2.23. The van der Waals surface area contributed by atoms with E-state index in [-0.39, 0.29) is 11.3 Å². The lowest BCUT2D eigenvalue weighted by Gasteiger charge is -2.11. The first kappa shape index (κ1) is 15.6. The molecule has 0 N–H and O–H groups in total. The van der Waals surface area contributed by atoms with Crippen molar-refractivity contribution in [1.82, 2.24) is 9.55 Å². The Morgan fingerprint density at radius 2 is 2.14 bits per heavy atom. The molecule has 2 aromatic rings. The van der Waals surface area contributed by atoms with Gasteiger partial charge >= 0.3 is 5.97 Å². The number of esters is 1. The monoisotopic (exact) mass is 306 g/mol. The van der Waals surface area contributed by atoms with Crippen LogP contribution in [0.25, 0.3) is 0 Å². The van der Waals surface area contributed by atoms with Gasteiger partial charge in [-0.15, -0.1) is 11.6 Å². The SMILES string of the molecule is COC(=O)CCCc1ccc(C(Cl)Cn2ccnc2)cc1. The molecule has 0 saturated carbocycles. The third-order valence-corrected chi connectivity index (χ3v) is 3.74. The lowest BCUT2D eigenvalue weighted by atomic mass is 10.0. The molecule has 5 heteroatoms. The highest BCUT2D eigenvalue weighted by atomic mass is 35.5. The van der Waals surface area contributed by atoms with E-state index in [2.05, 4.69) is 21.9 Å². The molecule has 0 fully saturated rings. The molecule has 1 heterocycles. The largest absolute Gasteiger partial charge is 0.469 e. The number of rotatable bonds is 7. The number of benzene rings is 1. The van der Waals surface area contributed by atoms with E-state index in [1.54, 1.807) is 12.5 Å². The number of carbonyl (C=O) groups excluding carboxylic acids is 1. The van der Waals surface area contributed by atoms with Crippen molar-refractivity contribution in [1.29, 1.82) is 0 Å². The number of hydrogen-bond acceptors (Lipinski definition) is 3.